The molecule has 0 aliphatic carbocycles. The first-order valence-electron chi connectivity index (χ1n) is 17.1. The van der Waals surface area contributed by atoms with E-state index >= 15 is 0 Å². The number of unbranched alkanes of at least 4 members (excludes halogenated alkanes) is 6. The highest BCUT2D eigenvalue weighted by Crippen LogP contribution is 2.32. The fourth-order valence-electron chi connectivity index (χ4n) is 6.44. The second kappa shape index (κ2) is 18.8. The number of aromatic hydroxyl groups is 1. The van der Waals surface area contributed by atoms with Gasteiger partial charge in [-0.2, -0.15) is 0 Å². The normalized spacial score (nSPS) is 17.0. The fourth-order valence-corrected chi connectivity index (χ4v) is 8.16. The Morgan fingerprint density at radius 2 is 1.81 bits per heavy atom. The quantitative estimate of drug-likeness (QED) is 0.108. The minimum Gasteiger partial charge on any atom is -0.506 e. The van der Waals surface area contributed by atoms with Crippen LogP contribution in [-0.2, 0) is 9.53 Å². The molecule has 14 heteroatoms. The van der Waals surface area contributed by atoms with Gasteiger partial charge in [0.15, 0.2) is 0 Å². The third-order valence-electron chi connectivity index (χ3n) is 9.15. The summed E-state index contributed by atoms with van der Waals surface area (Å²) in [6, 6.07) is 3.20. The number of nitrogens with one attached hydrogen (secondary N) is 2. The zero-order valence-corrected chi connectivity index (χ0v) is 29.8. The molecule has 5 rings (SSSR count). The molecule has 12 nitrogen and oxygen atoms in total. The number of aromatic amines is 1. The number of hydrogen-bond donors (Lipinski definition) is 5. The first kappa shape index (κ1) is 37.9. The number of aliphatic hydroxyl groups excluding tert-OH is 1. The number of phenolic OH excluding ortho intramolecular Hbond substituents is 1. The molecule has 1 amide bonds. The first-order chi connectivity index (χ1) is 23.2. The summed E-state index contributed by atoms with van der Waals surface area (Å²) in [5.74, 6) is 0.408. The number of ether oxygens (including phenoxy) is 1. The van der Waals surface area contributed by atoms with Gasteiger partial charge in [0.25, 0.3) is 12.4 Å². The van der Waals surface area contributed by atoms with Gasteiger partial charge < -0.3 is 40.2 Å². The van der Waals surface area contributed by atoms with Crippen molar-refractivity contribution in [2.75, 3.05) is 52.4 Å². The van der Waals surface area contributed by atoms with Crippen LogP contribution >= 0.6 is 22.7 Å². The molecule has 0 radical (unpaired) electrons. The number of aliphatic hydroxyl groups is 1. The van der Waals surface area contributed by atoms with E-state index in [1.54, 1.807) is 17.4 Å². The van der Waals surface area contributed by atoms with Gasteiger partial charge in [-0.05, 0) is 44.8 Å². The Kier molecular flexibility index (Phi) is 14.8. The van der Waals surface area contributed by atoms with Crippen molar-refractivity contribution in [3.8, 4) is 5.75 Å². The topological polar surface area (TPSA) is 168 Å². The van der Waals surface area contributed by atoms with Crippen LogP contribution in [0.2, 0.25) is 0 Å². The molecule has 1 aromatic carbocycles. The van der Waals surface area contributed by atoms with Crippen LogP contribution < -0.4 is 10.2 Å². The molecule has 0 bridgehead atoms. The van der Waals surface area contributed by atoms with Gasteiger partial charge in [0.1, 0.15) is 17.0 Å². The number of aromatic nitrogens is 2. The van der Waals surface area contributed by atoms with E-state index in [0.29, 0.717) is 53.6 Å². The molecule has 1 spiro atoms. The molecule has 2 fully saturated rings. The molecule has 2 aliphatic heterocycles. The lowest BCUT2D eigenvalue weighted by Gasteiger charge is -2.47. The van der Waals surface area contributed by atoms with E-state index in [1.165, 1.54) is 44.6 Å². The smallest absolute Gasteiger partial charge is 0.305 e. The van der Waals surface area contributed by atoms with E-state index in [9.17, 15) is 19.8 Å². The lowest BCUT2D eigenvalue weighted by Crippen LogP contribution is -2.58. The second-order valence-corrected chi connectivity index (χ2v) is 14.9. The van der Waals surface area contributed by atoms with Gasteiger partial charge >= 0.3 is 4.87 Å². The van der Waals surface area contributed by atoms with Crippen LogP contribution in [-0.4, -0.2) is 105 Å². The van der Waals surface area contributed by atoms with Gasteiger partial charge in [0.2, 0.25) is 0 Å². The van der Waals surface area contributed by atoms with E-state index in [1.807, 2.05) is 10.3 Å². The molecule has 2 aromatic heterocycles. The highest BCUT2D eigenvalue weighted by atomic mass is 32.1. The molecule has 48 heavy (non-hydrogen) atoms. The fraction of sp³-hybridized carbons (Fsp3) is 0.647. The maximum atomic E-state index is 13.1. The van der Waals surface area contributed by atoms with Crippen molar-refractivity contribution >= 4 is 45.3 Å². The molecule has 2 saturated heterocycles. The standard InChI is InChI=1S/C33H49N5O5S2.CH2O2/c1-23(2)30-35-25(21-44-30)31(41)38-18-19-43-33(22-38)12-16-37(17-13-33)15-9-7-5-3-4-6-8-14-34-20-27(40)24-10-11-26(39)28-29(24)45-32(42)36-28;2-1-3/h10-11,21,23,27,34,39-40H,3-9,12-20,22H2,1-2H3,(H,36,42);1H,(H,2,3)/t27-;/m0./s1. The number of carboxylic acid groups (broad SMARTS) is 1. The monoisotopic (exact) mass is 705 g/mol. The van der Waals surface area contributed by atoms with Crippen LogP contribution in [0.5, 0.6) is 5.75 Å². The van der Waals surface area contributed by atoms with Crippen molar-refractivity contribution in [1.82, 2.24) is 25.1 Å². The van der Waals surface area contributed by atoms with Gasteiger partial charge in [-0.1, -0.05) is 63.4 Å². The van der Waals surface area contributed by atoms with E-state index in [4.69, 9.17) is 14.6 Å². The predicted octanol–water partition coefficient (Wildman–Crippen LogP) is 4.94. The van der Waals surface area contributed by atoms with Crippen LogP contribution in [0.4, 0.5) is 0 Å². The number of piperidine rings is 1. The zero-order valence-electron chi connectivity index (χ0n) is 28.1. The number of morpholine rings is 1. The Morgan fingerprint density at radius 1 is 1.12 bits per heavy atom. The van der Waals surface area contributed by atoms with Gasteiger partial charge in [0.05, 0.1) is 34.6 Å². The number of fused-ring (bicyclic) bond motifs is 1. The second-order valence-electron chi connectivity index (χ2n) is 13.0. The Labute approximate surface area is 290 Å². The molecular formula is C34H51N5O7S2. The molecule has 5 N–H and O–H groups in total. The van der Waals surface area contributed by atoms with Crippen molar-refractivity contribution < 1.29 is 29.6 Å². The van der Waals surface area contributed by atoms with Crippen molar-refractivity contribution in [3.63, 3.8) is 0 Å². The van der Waals surface area contributed by atoms with Crippen LogP contribution in [0.25, 0.3) is 10.2 Å². The number of benzene rings is 1. The number of carbonyl (C=O) groups excluding carboxylic acids is 1. The Hall–Kier alpha value is -2.88. The molecule has 2 aliphatic rings. The average Bonchev–Trinajstić information content (AvgIpc) is 3.73. The number of phenols is 1. The van der Waals surface area contributed by atoms with Crippen LogP contribution in [0.15, 0.2) is 22.3 Å². The summed E-state index contributed by atoms with van der Waals surface area (Å²) in [6.45, 7) is 10.3. The van der Waals surface area contributed by atoms with Gasteiger partial charge in [-0.3, -0.25) is 14.4 Å². The van der Waals surface area contributed by atoms with Gasteiger partial charge in [-0.25, -0.2) is 4.98 Å². The molecular weight excluding hydrogens is 655 g/mol. The molecule has 1 atom stereocenters. The van der Waals surface area contributed by atoms with Crippen molar-refractivity contribution in [1.29, 1.82) is 0 Å². The number of amides is 1. The molecule has 0 unspecified atom stereocenters. The average molecular weight is 706 g/mol. The Bertz CT molecular complexity index is 1500. The largest absolute Gasteiger partial charge is 0.506 e. The third kappa shape index (κ3) is 10.6. The first-order valence-corrected chi connectivity index (χ1v) is 18.8. The number of likely N-dealkylation sites (tertiary alicyclic amines) is 1. The number of thiazole rings is 2. The van der Waals surface area contributed by atoms with Crippen LogP contribution in [0.3, 0.4) is 0 Å². The summed E-state index contributed by atoms with van der Waals surface area (Å²) < 4.78 is 6.91. The molecule has 3 aromatic rings. The number of hydrogen-bond acceptors (Lipinski definition) is 11. The number of rotatable bonds is 15. The maximum absolute atomic E-state index is 13.1. The van der Waals surface area contributed by atoms with E-state index in [2.05, 4.69) is 34.0 Å². The summed E-state index contributed by atoms with van der Waals surface area (Å²) in [6.07, 6.45) is 9.66. The van der Waals surface area contributed by atoms with Crippen LogP contribution in [0, 0.1) is 0 Å². The maximum Gasteiger partial charge on any atom is 0.305 e. The van der Waals surface area contributed by atoms with E-state index in [-0.39, 0.29) is 28.6 Å². The Balaban J connectivity index is 0.00000167. The zero-order chi connectivity index (χ0) is 34.5. The molecule has 4 heterocycles. The molecule has 0 saturated carbocycles. The van der Waals surface area contributed by atoms with Crippen molar-refractivity contribution in [3.05, 3.63) is 43.4 Å². The summed E-state index contributed by atoms with van der Waals surface area (Å²) >= 11 is 2.59. The highest BCUT2D eigenvalue weighted by molar-refractivity contribution is 7.16. The highest BCUT2D eigenvalue weighted by Gasteiger charge is 2.41. The summed E-state index contributed by atoms with van der Waals surface area (Å²) in [4.78, 5) is 44.7. The Morgan fingerprint density at radius 3 is 2.50 bits per heavy atom. The summed E-state index contributed by atoms with van der Waals surface area (Å²) in [7, 11) is 0. The van der Waals surface area contributed by atoms with Crippen LogP contribution in [0.1, 0.15) is 105 Å². The lowest BCUT2D eigenvalue weighted by atomic mass is 9.89. The van der Waals surface area contributed by atoms with Crippen molar-refractivity contribution in [2.24, 2.45) is 0 Å². The third-order valence-corrected chi connectivity index (χ3v) is 11.2. The number of H-pyrrole nitrogens is 1. The number of nitrogens with zero attached hydrogens (tertiary/aromatic N) is 3. The van der Waals surface area contributed by atoms with Gasteiger partial charge in [0, 0.05) is 43.0 Å². The van der Waals surface area contributed by atoms with E-state index < -0.39 is 6.10 Å². The predicted molar refractivity (Wildman–Crippen MR) is 189 cm³/mol. The SMILES string of the molecule is CC(C)c1nc(C(=O)N2CCOC3(CCN(CCCCCCCCCNC[C@H](O)c4ccc(O)c5[nH]c(=O)sc45)CC3)C2)cs1.O=CO. The lowest BCUT2D eigenvalue weighted by molar-refractivity contribution is -0.127. The van der Waals surface area contributed by atoms with Gasteiger partial charge in [-0.15, -0.1) is 11.3 Å². The summed E-state index contributed by atoms with van der Waals surface area (Å²) in [5, 5.41) is 33.7. The molecule has 266 valence electrons. The minimum absolute atomic E-state index is 0.0248. The summed E-state index contributed by atoms with van der Waals surface area (Å²) in [5.41, 5.74) is 1.43. The van der Waals surface area contributed by atoms with E-state index in [0.717, 1.165) is 61.8 Å². The number of carbonyl (C=O) groups is 2. The minimum atomic E-state index is -0.730. The van der Waals surface area contributed by atoms with Crippen molar-refractivity contribution in [2.45, 2.75) is 89.3 Å².